The van der Waals surface area contributed by atoms with Gasteiger partial charge < -0.3 is 4.74 Å². The van der Waals surface area contributed by atoms with Crippen LogP contribution in [0.25, 0.3) is 10.9 Å². The Bertz CT molecular complexity index is 1160. The number of thiocarbonyl (C=S) groups is 1. The molecule has 2 aromatic carbocycles. The topological polar surface area (TPSA) is 110 Å². The SMILES string of the molecule is COc1ccc(/C=N/C(=S)NNCC(=O)Nn2c(C)nc3ccccc3c2=O)cc1. The van der Waals surface area contributed by atoms with E-state index in [1.807, 2.05) is 24.3 Å². The Balaban J connectivity index is 1.52. The number of nitrogens with one attached hydrogen (secondary N) is 3. The number of hydrogen-bond donors (Lipinski definition) is 3. The zero-order valence-electron chi connectivity index (χ0n) is 16.4. The lowest BCUT2D eigenvalue weighted by Crippen LogP contribution is -2.44. The predicted octanol–water partition coefficient (Wildman–Crippen LogP) is 1.28. The average molecular weight is 424 g/mol. The number of carbonyl (C=O) groups excluding carboxylic acids is 1. The fraction of sp³-hybridized carbons (Fsp3) is 0.150. The number of methoxy groups -OCH3 is 1. The molecular weight excluding hydrogens is 404 g/mol. The maximum absolute atomic E-state index is 12.6. The third-order valence-electron chi connectivity index (χ3n) is 4.07. The van der Waals surface area contributed by atoms with E-state index in [0.29, 0.717) is 16.7 Å². The van der Waals surface area contributed by atoms with Gasteiger partial charge in [-0.25, -0.2) is 20.1 Å². The third-order valence-corrected chi connectivity index (χ3v) is 4.28. The smallest absolute Gasteiger partial charge is 0.280 e. The molecular formula is C20H20N6O3S. The van der Waals surface area contributed by atoms with Crippen LogP contribution < -0.4 is 26.6 Å². The van der Waals surface area contributed by atoms with Gasteiger partial charge in [0.2, 0.25) is 5.11 Å². The van der Waals surface area contributed by atoms with Crippen molar-refractivity contribution in [2.75, 3.05) is 19.1 Å². The van der Waals surface area contributed by atoms with Gasteiger partial charge in [-0.05, 0) is 61.1 Å². The van der Waals surface area contributed by atoms with E-state index in [4.69, 9.17) is 17.0 Å². The fourth-order valence-corrected chi connectivity index (χ4v) is 2.72. The van der Waals surface area contributed by atoms with E-state index in [1.165, 1.54) is 0 Å². The second-order valence-corrected chi connectivity index (χ2v) is 6.55. The molecule has 3 aromatic rings. The maximum atomic E-state index is 12.6. The van der Waals surface area contributed by atoms with Crippen molar-refractivity contribution in [3.63, 3.8) is 0 Å². The summed E-state index contributed by atoms with van der Waals surface area (Å²) >= 11 is 5.08. The Morgan fingerprint density at radius 2 is 1.97 bits per heavy atom. The van der Waals surface area contributed by atoms with Gasteiger partial charge in [-0.3, -0.25) is 20.4 Å². The zero-order chi connectivity index (χ0) is 21.5. The number of fused-ring (bicyclic) bond motifs is 1. The molecule has 0 radical (unpaired) electrons. The van der Waals surface area contributed by atoms with Gasteiger partial charge in [-0.15, -0.1) is 0 Å². The van der Waals surface area contributed by atoms with E-state index < -0.39 is 5.91 Å². The highest BCUT2D eigenvalue weighted by Gasteiger charge is 2.10. The first-order valence-corrected chi connectivity index (χ1v) is 9.38. The number of nitrogens with zero attached hydrogens (tertiary/aromatic N) is 3. The molecule has 30 heavy (non-hydrogen) atoms. The molecule has 0 saturated carbocycles. The molecule has 10 heteroatoms. The molecule has 0 saturated heterocycles. The van der Waals surface area contributed by atoms with Crippen LogP contribution in [-0.4, -0.2) is 40.5 Å². The van der Waals surface area contributed by atoms with Gasteiger partial charge in [0.25, 0.3) is 11.5 Å². The Labute approximate surface area is 177 Å². The second kappa shape index (κ2) is 9.72. The Hall–Kier alpha value is -3.63. The highest BCUT2D eigenvalue weighted by Crippen LogP contribution is 2.09. The standard InChI is InChI=1S/C20H20N6O3S/c1-13-23-17-6-4-3-5-16(17)19(28)26(13)25-18(27)12-22-24-20(30)21-11-14-7-9-15(29-2)10-8-14/h3-11,22H,12H2,1-2H3,(H,24,30)(H,25,27)/b21-11+. The van der Waals surface area contributed by atoms with Crippen LogP contribution in [0, 0.1) is 6.92 Å². The van der Waals surface area contributed by atoms with E-state index in [2.05, 4.69) is 26.3 Å². The molecule has 0 aliphatic carbocycles. The van der Waals surface area contributed by atoms with Gasteiger partial charge in [-0.1, -0.05) is 12.1 Å². The number of para-hydroxylation sites is 1. The molecule has 1 aromatic heterocycles. The highest BCUT2D eigenvalue weighted by atomic mass is 32.1. The first-order valence-electron chi connectivity index (χ1n) is 8.97. The Morgan fingerprint density at radius 1 is 1.23 bits per heavy atom. The minimum absolute atomic E-state index is 0.142. The summed E-state index contributed by atoms with van der Waals surface area (Å²) in [5, 5.41) is 0.572. The van der Waals surface area contributed by atoms with Crippen LogP contribution >= 0.6 is 12.2 Å². The minimum atomic E-state index is -0.452. The van der Waals surface area contributed by atoms with Crippen molar-refractivity contribution in [2.24, 2.45) is 4.99 Å². The van der Waals surface area contributed by atoms with Gasteiger partial charge in [-0.2, -0.15) is 0 Å². The summed E-state index contributed by atoms with van der Waals surface area (Å²) in [7, 11) is 1.60. The number of benzene rings is 2. The summed E-state index contributed by atoms with van der Waals surface area (Å²) in [6, 6.07) is 14.2. The molecule has 0 aliphatic heterocycles. The van der Waals surface area contributed by atoms with Gasteiger partial charge in [0, 0.05) is 6.21 Å². The van der Waals surface area contributed by atoms with E-state index in [-0.39, 0.29) is 17.2 Å². The third kappa shape index (κ3) is 5.25. The molecule has 3 N–H and O–H groups in total. The summed E-state index contributed by atoms with van der Waals surface area (Å²) in [6.07, 6.45) is 1.58. The minimum Gasteiger partial charge on any atom is -0.497 e. The predicted molar refractivity (Wildman–Crippen MR) is 119 cm³/mol. The first kappa shape index (κ1) is 21.1. The van der Waals surface area contributed by atoms with E-state index >= 15 is 0 Å². The number of hydrazine groups is 1. The number of aryl methyl sites for hydroxylation is 1. The molecule has 9 nitrogen and oxygen atoms in total. The van der Waals surface area contributed by atoms with Crippen molar-refractivity contribution < 1.29 is 9.53 Å². The van der Waals surface area contributed by atoms with Gasteiger partial charge in [0.15, 0.2) is 0 Å². The summed E-state index contributed by atoms with van der Waals surface area (Å²) in [5.41, 5.74) is 8.90. The van der Waals surface area contributed by atoms with Crippen molar-refractivity contribution in [1.82, 2.24) is 20.5 Å². The van der Waals surface area contributed by atoms with Crippen LogP contribution in [0.15, 0.2) is 58.3 Å². The Morgan fingerprint density at radius 3 is 2.70 bits per heavy atom. The second-order valence-electron chi connectivity index (χ2n) is 6.17. The van der Waals surface area contributed by atoms with Gasteiger partial charge >= 0.3 is 0 Å². The summed E-state index contributed by atoms with van der Waals surface area (Å²) in [6.45, 7) is 1.50. The molecule has 1 amide bonds. The zero-order valence-corrected chi connectivity index (χ0v) is 17.2. The lowest BCUT2D eigenvalue weighted by Gasteiger charge is -2.12. The lowest BCUT2D eigenvalue weighted by atomic mass is 10.2. The monoisotopic (exact) mass is 424 g/mol. The van der Waals surface area contributed by atoms with Crippen molar-refractivity contribution >= 4 is 40.4 Å². The largest absolute Gasteiger partial charge is 0.497 e. The molecule has 0 unspecified atom stereocenters. The van der Waals surface area contributed by atoms with Crippen LogP contribution in [0.1, 0.15) is 11.4 Å². The number of ether oxygens (including phenoxy) is 1. The number of rotatable bonds is 6. The molecule has 0 spiro atoms. The molecule has 0 atom stereocenters. The lowest BCUT2D eigenvalue weighted by molar-refractivity contribution is -0.116. The number of carbonyl (C=O) groups is 1. The van der Waals surface area contributed by atoms with Crippen LogP contribution in [0.4, 0.5) is 0 Å². The molecule has 1 heterocycles. The van der Waals surface area contributed by atoms with Gasteiger partial charge in [0.1, 0.15) is 11.6 Å². The van der Waals surface area contributed by atoms with E-state index in [0.717, 1.165) is 16.0 Å². The van der Waals surface area contributed by atoms with Crippen molar-refractivity contribution in [3.8, 4) is 5.75 Å². The molecule has 0 aliphatic rings. The fourth-order valence-electron chi connectivity index (χ4n) is 2.60. The molecule has 0 fully saturated rings. The normalized spacial score (nSPS) is 10.9. The number of amides is 1. The van der Waals surface area contributed by atoms with Crippen LogP contribution in [0.3, 0.4) is 0 Å². The van der Waals surface area contributed by atoms with E-state index in [9.17, 15) is 9.59 Å². The van der Waals surface area contributed by atoms with Crippen molar-refractivity contribution in [2.45, 2.75) is 6.92 Å². The quantitative estimate of drug-likeness (QED) is 0.311. The molecule has 3 rings (SSSR count). The maximum Gasteiger partial charge on any atom is 0.280 e. The summed E-state index contributed by atoms with van der Waals surface area (Å²) in [5.74, 6) is 0.669. The van der Waals surface area contributed by atoms with E-state index in [1.54, 1.807) is 44.5 Å². The summed E-state index contributed by atoms with van der Waals surface area (Å²) in [4.78, 5) is 33.1. The first-order chi connectivity index (χ1) is 14.5. The number of aliphatic imine (C=N–C) groups is 1. The highest BCUT2D eigenvalue weighted by molar-refractivity contribution is 7.80. The van der Waals surface area contributed by atoms with Crippen molar-refractivity contribution in [1.29, 1.82) is 0 Å². The molecule has 0 bridgehead atoms. The summed E-state index contributed by atoms with van der Waals surface area (Å²) < 4.78 is 6.21. The number of hydrogen-bond acceptors (Lipinski definition) is 6. The van der Waals surface area contributed by atoms with Gasteiger partial charge in [0.05, 0.1) is 24.6 Å². The molecule has 154 valence electrons. The average Bonchev–Trinajstić information content (AvgIpc) is 2.75. The number of aromatic nitrogens is 2. The van der Waals surface area contributed by atoms with Crippen molar-refractivity contribution in [3.05, 3.63) is 70.3 Å². The van der Waals surface area contributed by atoms with Crippen LogP contribution in [0.2, 0.25) is 0 Å². The van der Waals surface area contributed by atoms with Crippen LogP contribution in [-0.2, 0) is 4.79 Å². The Kier molecular flexibility index (Phi) is 6.83. The van der Waals surface area contributed by atoms with Crippen LogP contribution in [0.5, 0.6) is 5.75 Å².